The molecule has 0 spiro atoms. The van der Waals surface area contributed by atoms with Crippen LogP contribution in [0.25, 0.3) is 0 Å². The molecule has 0 aliphatic heterocycles. The van der Waals surface area contributed by atoms with E-state index >= 15 is 0 Å². The number of pyridine rings is 2. The van der Waals surface area contributed by atoms with E-state index in [4.69, 9.17) is 11.6 Å². The zero-order chi connectivity index (χ0) is 13.7. The van der Waals surface area contributed by atoms with Crippen molar-refractivity contribution in [2.24, 2.45) is 0 Å². The van der Waals surface area contributed by atoms with Crippen LogP contribution in [-0.2, 0) is 12.4 Å². The van der Waals surface area contributed by atoms with Crippen molar-refractivity contribution in [1.29, 1.82) is 0 Å². The van der Waals surface area contributed by atoms with Crippen LogP contribution in [-0.4, -0.2) is 16.5 Å². The number of hydrogen-bond acceptors (Lipinski definition) is 3. The normalized spacial score (nSPS) is 10.5. The molecule has 3 nitrogen and oxygen atoms in total. The van der Waals surface area contributed by atoms with Crippen molar-refractivity contribution in [2.45, 2.75) is 26.3 Å². The summed E-state index contributed by atoms with van der Waals surface area (Å²) in [7, 11) is 0. The molecule has 0 aliphatic carbocycles. The summed E-state index contributed by atoms with van der Waals surface area (Å²) in [6, 6.07) is 10.2. The average Bonchev–Trinajstić information content (AvgIpc) is 2.45. The Kier molecular flexibility index (Phi) is 4.74. The smallest absolute Gasteiger partial charge is 0.0648 e. The molecule has 0 aromatic carbocycles. The van der Waals surface area contributed by atoms with E-state index in [0.29, 0.717) is 5.88 Å². The highest BCUT2D eigenvalue weighted by Crippen LogP contribution is 2.17. The SMILES string of the molecule is CCN(Cc1cccc(C)n1)c1ccnc(CCl)c1. The van der Waals surface area contributed by atoms with Gasteiger partial charge in [-0.1, -0.05) is 6.07 Å². The van der Waals surface area contributed by atoms with Crippen molar-refractivity contribution in [2.75, 3.05) is 11.4 Å². The summed E-state index contributed by atoms with van der Waals surface area (Å²) >= 11 is 5.83. The summed E-state index contributed by atoms with van der Waals surface area (Å²) in [5, 5.41) is 0. The first-order valence-corrected chi connectivity index (χ1v) is 6.94. The molecular weight excluding hydrogens is 258 g/mol. The molecule has 19 heavy (non-hydrogen) atoms. The molecule has 0 radical (unpaired) electrons. The Bertz CT molecular complexity index is 542. The topological polar surface area (TPSA) is 29.0 Å². The molecule has 0 bridgehead atoms. The van der Waals surface area contributed by atoms with Gasteiger partial charge in [0, 0.05) is 24.1 Å². The van der Waals surface area contributed by atoms with Crippen molar-refractivity contribution in [3.63, 3.8) is 0 Å². The molecule has 0 atom stereocenters. The summed E-state index contributed by atoms with van der Waals surface area (Å²) in [6.07, 6.45) is 1.80. The number of hydrogen-bond donors (Lipinski definition) is 0. The van der Waals surface area contributed by atoms with Crippen molar-refractivity contribution in [1.82, 2.24) is 9.97 Å². The van der Waals surface area contributed by atoms with Crippen LogP contribution in [0.3, 0.4) is 0 Å². The van der Waals surface area contributed by atoms with Crippen LogP contribution in [0.1, 0.15) is 24.0 Å². The monoisotopic (exact) mass is 275 g/mol. The fourth-order valence-electron chi connectivity index (χ4n) is 2.00. The van der Waals surface area contributed by atoms with Crippen LogP contribution < -0.4 is 4.90 Å². The largest absolute Gasteiger partial charge is 0.366 e. The van der Waals surface area contributed by atoms with E-state index in [2.05, 4.69) is 27.9 Å². The van der Waals surface area contributed by atoms with E-state index in [9.17, 15) is 0 Å². The predicted molar refractivity (Wildman–Crippen MR) is 79.5 cm³/mol. The Hall–Kier alpha value is -1.61. The Morgan fingerprint density at radius 3 is 2.74 bits per heavy atom. The molecule has 0 amide bonds. The third kappa shape index (κ3) is 3.67. The average molecular weight is 276 g/mol. The molecule has 2 aromatic rings. The third-order valence-electron chi connectivity index (χ3n) is 2.98. The number of aryl methyl sites for hydroxylation is 1. The lowest BCUT2D eigenvalue weighted by Crippen LogP contribution is -2.22. The van der Waals surface area contributed by atoms with E-state index in [1.807, 2.05) is 31.2 Å². The zero-order valence-corrected chi connectivity index (χ0v) is 12.1. The second-order valence-corrected chi connectivity index (χ2v) is 4.69. The molecule has 100 valence electrons. The number of rotatable bonds is 5. The lowest BCUT2D eigenvalue weighted by molar-refractivity contribution is 0.803. The molecule has 0 saturated carbocycles. The second-order valence-electron chi connectivity index (χ2n) is 4.42. The maximum atomic E-state index is 5.83. The van der Waals surface area contributed by atoms with E-state index in [-0.39, 0.29) is 0 Å². The van der Waals surface area contributed by atoms with Crippen LogP contribution in [0.2, 0.25) is 0 Å². The first-order valence-electron chi connectivity index (χ1n) is 6.41. The maximum Gasteiger partial charge on any atom is 0.0648 e. The predicted octanol–water partition coefficient (Wildman–Crippen LogP) is 3.55. The molecule has 2 heterocycles. The number of aromatic nitrogens is 2. The van der Waals surface area contributed by atoms with Gasteiger partial charge in [0.05, 0.1) is 23.8 Å². The standard InChI is InChI=1S/C15H18ClN3/c1-3-19(11-13-6-4-5-12(2)18-13)15-7-8-17-14(9-15)10-16/h4-9H,3,10-11H2,1-2H3. The number of anilines is 1. The molecule has 0 aliphatic rings. The molecule has 0 unspecified atom stereocenters. The van der Waals surface area contributed by atoms with Crippen molar-refractivity contribution in [3.8, 4) is 0 Å². The Labute approximate surface area is 119 Å². The number of alkyl halides is 1. The lowest BCUT2D eigenvalue weighted by Gasteiger charge is -2.23. The molecular formula is C15H18ClN3. The second kappa shape index (κ2) is 6.53. The fourth-order valence-corrected chi connectivity index (χ4v) is 2.15. The van der Waals surface area contributed by atoms with Crippen molar-refractivity contribution in [3.05, 3.63) is 53.6 Å². The fraction of sp³-hybridized carbons (Fsp3) is 0.333. The molecule has 0 N–H and O–H groups in total. The number of nitrogens with zero attached hydrogens (tertiary/aromatic N) is 3. The van der Waals surface area contributed by atoms with Gasteiger partial charge >= 0.3 is 0 Å². The van der Waals surface area contributed by atoms with Gasteiger partial charge in [0.2, 0.25) is 0 Å². The minimum Gasteiger partial charge on any atom is -0.366 e. The highest BCUT2D eigenvalue weighted by molar-refractivity contribution is 6.16. The summed E-state index contributed by atoms with van der Waals surface area (Å²) in [5.74, 6) is 0.439. The third-order valence-corrected chi connectivity index (χ3v) is 3.26. The molecule has 0 saturated heterocycles. The van der Waals surface area contributed by atoms with Crippen LogP contribution in [0, 0.1) is 6.92 Å². The maximum absolute atomic E-state index is 5.83. The zero-order valence-electron chi connectivity index (χ0n) is 11.3. The van der Waals surface area contributed by atoms with Gasteiger partial charge in [0.25, 0.3) is 0 Å². The van der Waals surface area contributed by atoms with Crippen LogP contribution in [0.15, 0.2) is 36.5 Å². The van der Waals surface area contributed by atoms with E-state index < -0.39 is 0 Å². The van der Waals surface area contributed by atoms with Gasteiger partial charge in [0.1, 0.15) is 0 Å². The van der Waals surface area contributed by atoms with Gasteiger partial charge in [-0.15, -0.1) is 11.6 Å². The Morgan fingerprint density at radius 2 is 2.05 bits per heavy atom. The molecule has 4 heteroatoms. The van der Waals surface area contributed by atoms with Gasteiger partial charge in [-0.05, 0) is 38.1 Å². The van der Waals surface area contributed by atoms with Crippen molar-refractivity contribution < 1.29 is 0 Å². The number of halogens is 1. The minimum absolute atomic E-state index is 0.439. The molecule has 0 fully saturated rings. The quantitative estimate of drug-likeness (QED) is 0.782. The summed E-state index contributed by atoms with van der Waals surface area (Å²) in [5.41, 5.74) is 4.15. The molecule has 2 rings (SSSR count). The van der Waals surface area contributed by atoms with Gasteiger partial charge in [0.15, 0.2) is 0 Å². The van der Waals surface area contributed by atoms with E-state index in [0.717, 1.165) is 35.9 Å². The van der Waals surface area contributed by atoms with Crippen molar-refractivity contribution >= 4 is 17.3 Å². The summed E-state index contributed by atoms with van der Waals surface area (Å²) in [4.78, 5) is 11.0. The first-order chi connectivity index (χ1) is 9.22. The van der Waals surface area contributed by atoms with E-state index in [1.54, 1.807) is 6.20 Å². The summed E-state index contributed by atoms with van der Waals surface area (Å²) < 4.78 is 0. The van der Waals surface area contributed by atoms with Gasteiger partial charge in [-0.3, -0.25) is 9.97 Å². The van der Waals surface area contributed by atoms with Crippen LogP contribution >= 0.6 is 11.6 Å². The molecule has 2 aromatic heterocycles. The summed E-state index contributed by atoms with van der Waals surface area (Å²) in [6.45, 7) is 5.86. The first kappa shape index (κ1) is 13.8. The highest BCUT2D eigenvalue weighted by atomic mass is 35.5. The minimum atomic E-state index is 0.439. The lowest BCUT2D eigenvalue weighted by atomic mass is 10.2. The highest BCUT2D eigenvalue weighted by Gasteiger charge is 2.07. The van der Waals surface area contributed by atoms with Crippen LogP contribution in [0.5, 0.6) is 0 Å². The van der Waals surface area contributed by atoms with Gasteiger partial charge in [-0.25, -0.2) is 0 Å². The van der Waals surface area contributed by atoms with Gasteiger partial charge in [-0.2, -0.15) is 0 Å². The Morgan fingerprint density at radius 1 is 1.21 bits per heavy atom. The van der Waals surface area contributed by atoms with Gasteiger partial charge < -0.3 is 4.90 Å². The van der Waals surface area contributed by atoms with E-state index in [1.165, 1.54) is 0 Å². The Balaban J connectivity index is 2.19. The van der Waals surface area contributed by atoms with Crippen LogP contribution in [0.4, 0.5) is 5.69 Å².